The predicted octanol–water partition coefficient (Wildman–Crippen LogP) is 5.92. The average Bonchev–Trinajstić information content (AvgIpc) is 2.41. The van der Waals surface area contributed by atoms with Crippen LogP contribution in [0.2, 0.25) is 5.02 Å². The fourth-order valence-corrected chi connectivity index (χ4v) is 2.93. The molecule has 0 atom stereocenters. The van der Waals surface area contributed by atoms with E-state index in [1.165, 1.54) is 16.3 Å². The van der Waals surface area contributed by atoms with E-state index in [-0.39, 0.29) is 0 Å². The highest BCUT2D eigenvalue weighted by atomic mass is 79.9. The molecule has 18 heavy (non-hydrogen) atoms. The molecular weight excluding hydrogens is 308 g/mol. The normalized spacial score (nSPS) is 10.8. The van der Waals surface area contributed by atoms with Crippen LogP contribution in [0.1, 0.15) is 0 Å². The van der Waals surface area contributed by atoms with Crippen molar-refractivity contribution >= 4 is 38.3 Å². The maximum Gasteiger partial charge on any atom is 0.0406 e. The molecule has 0 saturated heterocycles. The first-order valence-electron chi connectivity index (χ1n) is 5.69. The van der Waals surface area contributed by atoms with Crippen molar-refractivity contribution in [1.29, 1.82) is 0 Å². The number of rotatable bonds is 1. The Balaban J connectivity index is 2.24. The summed E-state index contributed by atoms with van der Waals surface area (Å²) in [5.74, 6) is 0. The molecule has 0 aliphatic rings. The number of halogens is 2. The zero-order valence-corrected chi connectivity index (χ0v) is 11.9. The Kier molecular flexibility index (Phi) is 3.11. The van der Waals surface area contributed by atoms with Crippen molar-refractivity contribution < 1.29 is 0 Å². The van der Waals surface area contributed by atoms with Crippen molar-refractivity contribution in [3.05, 3.63) is 70.2 Å². The molecule has 0 unspecified atom stereocenters. The lowest BCUT2D eigenvalue weighted by atomic mass is 10.0. The third-order valence-corrected chi connectivity index (χ3v) is 4.12. The summed E-state index contributed by atoms with van der Waals surface area (Å²) in [5, 5.41) is 3.22. The van der Waals surface area contributed by atoms with Crippen LogP contribution in [0.15, 0.2) is 65.1 Å². The van der Waals surface area contributed by atoms with Gasteiger partial charge in [0.15, 0.2) is 0 Å². The van der Waals surface area contributed by atoms with Gasteiger partial charge in [0.05, 0.1) is 0 Å². The molecule has 0 bridgehead atoms. The Morgan fingerprint density at radius 2 is 1.50 bits per heavy atom. The Morgan fingerprint density at radius 3 is 2.28 bits per heavy atom. The summed E-state index contributed by atoms with van der Waals surface area (Å²) >= 11 is 9.63. The summed E-state index contributed by atoms with van der Waals surface area (Å²) in [6.45, 7) is 0. The first kappa shape index (κ1) is 11.8. The molecule has 3 rings (SSSR count). The lowest BCUT2D eigenvalue weighted by Gasteiger charge is -2.08. The van der Waals surface area contributed by atoms with E-state index in [1.807, 2.05) is 24.3 Å². The van der Waals surface area contributed by atoms with Crippen LogP contribution in [0.5, 0.6) is 0 Å². The standard InChI is InChI=1S/C16H10BrCl/c17-16-14-4-2-1-3-11(14)7-10-15(16)12-5-8-13(18)9-6-12/h1-10H. The molecule has 0 fully saturated rings. The summed E-state index contributed by atoms with van der Waals surface area (Å²) < 4.78 is 1.13. The first-order chi connectivity index (χ1) is 8.75. The number of benzene rings is 3. The van der Waals surface area contributed by atoms with Crippen molar-refractivity contribution in [2.24, 2.45) is 0 Å². The fourth-order valence-electron chi connectivity index (χ4n) is 2.09. The molecule has 0 aliphatic carbocycles. The summed E-state index contributed by atoms with van der Waals surface area (Å²) in [5.41, 5.74) is 2.35. The van der Waals surface area contributed by atoms with E-state index in [0.29, 0.717) is 0 Å². The van der Waals surface area contributed by atoms with Gasteiger partial charge in [0.2, 0.25) is 0 Å². The molecule has 3 aromatic carbocycles. The van der Waals surface area contributed by atoms with E-state index in [9.17, 15) is 0 Å². The van der Waals surface area contributed by atoms with Gasteiger partial charge < -0.3 is 0 Å². The molecule has 0 aliphatic heterocycles. The summed E-state index contributed by atoms with van der Waals surface area (Å²) in [6, 6.07) is 20.5. The summed E-state index contributed by atoms with van der Waals surface area (Å²) in [4.78, 5) is 0. The van der Waals surface area contributed by atoms with Crippen LogP contribution in [0, 0.1) is 0 Å². The minimum absolute atomic E-state index is 0.760. The third kappa shape index (κ3) is 2.05. The van der Waals surface area contributed by atoms with Gasteiger partial charge in [0, 0.05) is 9.50 Å². The van der Waals surface area contributed by atoms with Crippen molar-refractivity contribution in [2.45, 2.75) is 0 Å². The minimum Gasteiger partial charge on any atom is -0.0843 e. The smallest absolute Gasteiger partial charge is 0.0406 e. The van der Waals surface area contributed by atoms with Crippen molar-refractivity contribution in [3.8, 4) is 11.1 Å². The maximum atomic E-state index is 5.92. The van der Waals surface area contributed by atoms with Gasteiger partial charge in [-0.15, -0.1) is 0 Å². The largest absolute Gasteiger partial charge is 0.0843 e. The molecule has 0 aromatic heterocycles. The molecule has 0 N–H and O–H groups in total. The van der Waals surface area contributed by atoms with Gasteiger partial charge in [0.25, 0.3) is 0 Å². The molecule has 0 spiro atoms. The van der Waals surface area contributed by atoms with Gasteiger partial charge in [0.1, 0.15) is 0 Å². The van der Waals surface area contributed by atoms with E-state index in [2.05, 4.69) is 52.3 Å². The highest BCUT2D eigenvalue weighted by Gasteiger charge is 2.06. The number of fused-ring (bicyclic) bond motifs is 1. The van der Waals surface area contributed by atoms with Crippen LogP contribution in [0.3, 0.4) is 0 Å². The highest BCUT2D eigenvalue weighted by Crippen LogP contribution is 2.34. The van der Waals surface area contributed by atoms with E-state index in [0.717, 1.165) is 15.1 Å². The summed E-state index contributed by atoms with van der Waals surface area (Å²) in [7, 11) is 0. The second kappa shape index (κ2) is 4.75. The molecule has 0 radical (unpaired) electrons. The molecule has 0 saturated carbocycles. The van der Waals surface area contributed by atoms with Gasteiger partial charge in [-0.05, 0) is 50.0 Å². The Labute approximate surface area is 119 Å². The van der Waals surface area contributed by atoms with E-state index < -0.39 is 0 Å². The van der Waals surface area contributed by atoms with E-state index >= 15 is 0 Å². The number of hydrogen-bond acceptors (Lipinski definition) is 0. The molecule has 3 aromatic rings. The highest BCUT2D eigenvalue weighted by molar-refractivity contribution is 9.10. The Bertz CT molecular complexity index is 702. The minimum atomic E-state index is 0.760. The van der Waals surface area contributed by atoms with Crippen LogP contribution in [-0.2, 0) is 0 Å². The predicted molar refractivity (Wildman–Crippen MR) is 82.1 cm³/mol. The maximum absolute atomic E-state index is 5.92. The molecule has 0 nitrogen and oxygen atoms in total. The molecular formula is C16H10BrCl. The van der Waals surface area contributed by atoms with Crippen molar-refractivity contribution in [3.63, 3.8) is 0 Å². The molecule has 88 valence electrons. The van der Waals surface area contributed by atoms with Gasteiger partial charge in [-0.2, -0.15) is 0 Å². The lowest BCUT2D eigenvalue weighted by Crippen LogP contribution is -1.82. The van der Waals surface area contributed by atoms with Gasteiger partial charge in [-0.1, -0.05) is 60.1 Å². The monoisotopic (exact) mass is 316 g/mol. The van der Waals surface area contributed by atoms with Crippen LogP contribution in [0.4, 0.5) is 0 Å². The van der Waals surface area contributed by atoms with Gasteiger partial charge in [-0.3, -0.25) is 0 Å². The van der Waals surface area contributed by atoms with Crippen LogP contribution in [0.25, 0.3) is 21.9 Å². The summed E-state index contributed by atoms with van der Waals surface area (Å²) in [6.07, 6.45) is 0. The van der Waals surface area contributed by atoms with Crippen molar-refractivity contribution in [1.82, 2.24) is 0 Å². The molecule has 0 amide bonds. The molecule has 2 heteroatoms. The lowest BCUT2D eigenvalue weighted by molar-refractivity contribution is 1.62. The second-order valence-corrected chi connectivity index (χ2v) is 5.38. The first-order valence-corrected chi connectivity index (χ1v) is 6.86. The van der Waals surface area contributed by atoms with E-state index in [1.54, 1.807) is 0 Å². The van der Waals surface area contributed by atoms with Gasteiger partial charge in [-0.25, -0.2) is 0 Å². The van der Waals surface area contributed by atoms with Crippen LogP contribution >= 0.6 is 27.5 Å². The average molecular weight is 318 g/mol. The van der Waals surface area contributed by atoms with Crippen molar-refractivity contribution in [2.75, 3.05) is 0 Å². The third-order valence-electron chi connectivity index (χ3n) is 3.02. The zero-order valence-electron chi connectivity index (χ0n) is 9.53. The quantitative estimate of drug-likeness (QED) is 0.522. The van der Waals surface area contributed by atoms with Gasteiger partial charge >= 0.3 is 0 Å². The Hall–Kier alpha value is -1.31. The SMILES string of the molecule is Clc1ccc(-c2ccc3ccccc3c2Br)cc1. The fraction of sp³-hybridized carbons (Fsp3) is 0. The number of hydrogen-bond donors (Lipinski definition) is 0. The topological polar surface area (TPSA) is 0 Å². The zero-order chi connectivity index (χ0) is 12.5. The molecule has 0 heterocycles. The second-order valence-electron chi connectivity index (χ2n) is 4.16. The van der Waals surface area contributed by atoms with E-state index in [4.69, 9.17) is 11.6 Å². The van der Waals surface area contributed by atoms with Crippen LogP contribution < -0.4 is 0 Å². The Morgan fingerprint density at radius 1 is 0.778 bits per heavy atom. The van der Waals surface area contributed by atoms with Crippen LogP contribution in [-0.4, -0.2) is 0 Å².